The molecular formula is C22H27NO4. The zero-order chi connectivity index (χ0) is 19.8. The molecule has 0 fully saturated rings. The number of carboxylic acid groups (broad SMARTS) is 1. The summed E-state index contributed by atoms with van der Waals surface area (Å²) in [5.41, 5.74) is 1.33. The number of carboxylic acids is 1. The zero-order valence-electron chi connectivity index (χ0n) is 15.9. The first-order valence-corrected chi connectivity index (χ1v) is 9.41. The lowest BCUT2D eigenvalue weighted by molar-refractivity contribution is -0.138. The van der Waals surface area contributed by atoms with Gasteiger partial charge in [0, 0.05) is 23.9 Å². The fourth-order valence-electron chi connectivity index (χ4n) is 3.12. The monoisotopic (exact) mass is 369 g/mol. The van der Waals surface area contributed by atoms with Gasteiger partial charge in [0.05, 0.1) is 5.56 Å². The molecule has 5 heteroatoms. The molecule has 0 aromatic heterocycles. The van der Waals surface area contributed by atoms with Gasteiger partial charge < -0.3 is 15.1 Å². The highest BCUT2D eigenvalue weighted by Crippen LogP contribution is 2.29. The Bertz CT molecular complexity index is 773. The normalized spacial score (nSPS) is 11.8. The maximum atomic E-state index is 12.6. The Morgan fingerprint density at radius 3 is 2.30 bits per heavy atom. The molecule has 0 aliphatic heterocycles. The van der Waals surface area contributed by atoms with Gasteiger partial charge in [-0.2, -0.15) is 0 Å². The maximum Gasteiger partial charge on any atom is 0.326 e. The van der Waals surface area contributed by atoms with Crippen LogP contribution < -0.4 is 4.90 Å². The molecule has 0 aliphatic carbocycles. The van der Waals surface area contributed by atoms with Crippen LogP contribution in [-0.4, -0.2) is 34.6 Å². The van der Waals surface area contributed by atoms with E-state index in [1.165, 1.54) is 6.07 Å². The minimum atomic E-state index is -0.878. The molecule has 2 rings (SSSR count). The smallest absolute Gasteiger partial charge is 0.326 e. The number of hydrogen-bond acceptors (Lipinski definition) is 4. The largest absolute Gasteiger partial charge is 0.507 e. The summed E-state index contributed by atoms with van der Waals surface area (Å²) in [5, 5.41) is 20.1. The van der Waals surface area contributed by atoms with Gasteiger partial charge in [0.1, 0.15) is 11.8 Å². The average Bonchev–Trinajstić information content (AvgIpc) is 2.67. The summed E-state index contributed by atoms with van der Waals surface area (Å²) in [7, 11) is 0. The van der Waals surface area contributed by atoms with Crippen LogP contribution in [0, 0.1) is 0 Å². The van der Waals surface area contributed by atoms with Gasteiger partial charge in [-0.05, 0) is 25.0 Å². The van der Waals surface area contributed by atoms with E-state index in [9.17, 15) is 19.8 Å². The lowest BCUT2D eigenvalue weighted by atomic mass is 10.0. The topological polar surface area (TPSA) is 77.8 Å². The van der Waals surface area contributed by atoms with E-state index in [0.717, 1.165) is 19.3 Å². The molecule has 2 aromatic rings. The molecule has 0 spiro atoms. The van der Waals surface area contributed by atoms with Crippen molar-refractivity contribution in [1.29, 1.82) is 0 Å². The maximum absolute atomic E-state index is 12.6. The molecule has 5 nitrogen and oxygen atoms in total. The summed E-state index contributed by atoms with van der Waals surface area (Å²) in [4.78, 5) is 26.2. The fraction of sp³-hybridized carbons (Fsp3) is 0.364. The van der Waals surface area contributed by atoms with Crippen LogP contribution in [0.15, 0.2) is 48.5 Å². The second-order valence-corrected chi connectivity index (χ2v) is 6.59. The number of carbonyl (C=O) groups excluding carboxylic acids is 1. The van der Waals surface area contributed by atoms with Crippen LogP contribution in [-0.2, 0) is 4.79 Å². The molecule has 2 aromatic carbocycles. The fourth-order valence-corrected chi connectivity index (χ4v) is 3.12. The van der Waals surface area contributed by atoms with E-state index in [1.54, 1.807) is 36.4 Å². The molecule has 2 N–H and O–H groups in total. The Hall–Kier alpha value is -2.82. The van der Waals surface area contributed by atoms with Gasteiger partial charge in [-0.15, -0.1) is 0 Å². The van der Waals surface area contributed by atoms with Crippen LogP contribution >= 0.6 is 0 Å². The first-order chi connectivity index (χ1) is 13.0. The van der Waals surface area contributed by atoms with Crippen molar-refractivity contribution < 1.29 is 19.8 Å². The standard InChI is InChI=1S/C22H27NO4/c1-3-5-14-23(19(9-4-2)22(26)27)17-12-13-18(20(24)15-17)21(25)16-10-7-6-8-11-16/h6-8,10-13,15,19,24H,3-5,9,14H2,1-2H3,(H,26,27). The van der Waals surface area contributed by atoms with E-state index in [0.29, 0.717) is 24.2 Å². The molecule has 0 aliphatic rings. The van der Waals surface area contributed by atoms with Crippen LogP contribution in [0.3, 0.4) is 0 Å². The predicted molar refractivity (Wildman–Crippen MR) is 107 cm³/mol. The number of rotatable bonds is 10. The van der Waals surface area contributed by atoms with Crippen molar-refractivity contribution in [1.82, 2.24) is 0 Å². The Labute approximate surface area is 160 Å². The average molecular weight is 369 g/mol. The summed E-state index contributed by atoms with van der Waals surface area (Å²) in [5.74, 6) is -1.27. The van der Waals surface area contributed by atoms with E-state index in [2.05, 4.69) is 0 Å². The molecule has 27 heavy (non-hydrogen) atoms. The van der Waals surface area contributed by atoms with Gasteiger partial charge >= 0.3 is 5.97 Å². The van der Waals surface area contributed by atoms with Gasteiger partial charge in [0.15, 0.2) is 5.78 Å². The van der Waals surface area contributed by atoms with E-state index >= 15 is 0 Å². The molecule has 0 saturated carbocycles. The number of benzene rings is 2. The van der Waals surface area contributed by atoms with Crippen molar-refractivity contribution in [3.63, 3.8) is 0 Å². The molecule has 1 unspecified atom stereocenters. The van der Waals surface area contributed by atoms with E-state index < -0.39 is 12.0 Å². The second kappa shape index (κ2) is 9.76. The van der Waals surface area contributed by atoms with Crippen molar-refractivity contribution in [3.05, 3.63) is 59.7 Å². The Balaban J connectivity index is 2.36. The summed E-state index contributed by atoms with van der Waals surface area (Å²) >= 11 is 0. The summed E-state index contributed by atoms with van der Waals surface area (Å²) < 4.78 is 0. The number of aromatic hydroxyl groups is 1. The van der Waals surface area contributed by atoms with Crippen LogP contribution in [0.1, 0.15) is 55.5 Å². The number of unbranched alkanes of at least 4 members (excludes halogenated alkanes) is 1. The number of hydrogen-bond donors (Lipinski definition) is 2. The molecule has 1 atom stereocenters. The van der Waals surface area contributed by atoms with Crippen LogP contribution in [0.25, 0.3) is 0 Å². The highest BCUT2D eigenvalue weighted by atomic mass is 16.4. The highest BCUT2D eigenvalue weighted by molar-refractivity contribution is 6.10. The third-order valence-corrected chi connectivity index (χ3v) is 4.57. The molecule has 0 saturated heterocycles. The third-order valence-electron chi connectivity index (χ3n) is 4.57. The van der Waals surface area contributed by atoms with E-state index in [4.69, 9.17) is 0 Å². The van der Waals surface area contributed by atoms with Crippen molar-refractivity contribution in [2.75, 3.05) is 11.4 Å². The second-order valence-electron chi connectivity index (χ2n) is 6.59. The first kappa shape index (κ1) is 20.5. The SMILES string of the molecule is CCCCN(c1ccc(C(=O)c2ccccc2)c(O)c1)C(CCC)C(=O)O. The van der Waals surface area contributed by atoms with Gasteiger partial charge in [-0.25, -0.2) is 4.79 Å². The Morgan fingerprint density at radius 2 is 1.74 bits per heavy atom. The van der Waals surface area contributed by atoms with E-state index in [-0.39, 0.29) is 17.1 Å². The summed E-state index contributed by atoms with van der Waals surface area (Å²) in [6.07, 6.45) is 3.05. The minimum absolute atomic E-state index is 0.136. The van der Waals surface area contributed by atoms with Crippen molar-refractivity contribution >= 4 is 17.4 Å². The van der Waals surface area contributed by atoms with Crippen molar-refractivity contribution in [3.8, 4) is 5.75 Å². The number of phenols is 1. The zero-order valence-corrected chi connectivity index (χ0v) is 15.9. The number of ketones is 1. The molecule has 0 heterocycles. The number of aliphatic carboxylic acids is 1. The molecule has 0 amide bonds. The Morgan fingerprint density at radius 1 is 1.04 bits per heavy atom. The van der Waals surface area contributed by atoms with E-state index in [1.807, 2.05) is 24.8 Å². The van der Waals surface area contributed by atoms with Crippen molar-refractivity contribution in [2.45, 2.75) is 45.6 Å². The van der Waals surface area contributed by atoms with Gasteiger partial charge in [0.25, 0.3) is 0 Å². The lowest BCUT2D eigenvalue weighted by Crippen LogP contribution is -2.42. The number of phenolic OH excluding ortho intramolecular Hbond substituents is 1. The number of carbonyl (C=O) groups is 2. The summed E-state index contributed by atoms with van der Waals surface area (Å²) in [6.45, 7) is 4.58. The predicted octanol–water partition coefficient (Wildman–Crippen LogP) is 4.48. The first-order valence-electron chi connectivity index (χ1n) is 9.41. The summed E-state index contributed by atoms with van der Waals surface area (Å²) in [6, 6.07) is 12.9. The van der Waals surface area contributed by atoms with Gasteiger partial charge in [-0.3, -0.25) is 4.79 Å². The molecule has 0 radical (unpaired) electrons. The molecule has 0 bridgehead atoms. The quantitative estimate of drug-likeness (QED) is 0.604. The van der Waals surface area contributed by atoms with Crippen LogP contribution in [0.4, 0.5) is 5.69 Å². The van der Waals surface area contributed by atoms with Crippen LogP contribution in [0.2, 0.25) is 0 Å². The van der Waals surface area contributed by atoms with Crippen molar-refractivity contribution in [2.24, 2.45) is 0 Å². The number of anilines is 1. The number of nitrogens with zero attached hydrogens (tertiary/aromatic N) is 1. The molecule has 144 valence electrons. The minimum Gasteiger partial charge on any atom is -0.507 e. The lowest BCUT2D eigenvalue weighted by Gasteiger charge is -2.31. The third kappa shape index (κ3) is 5.09. The van der Waals surface area contributed by atoms with Gasteiger partial charge in [-0.1, -0.05) is 57.0 Å². The highest BCUT2D eigenvalue weighted by Gasteiger charge is 2.26. The van der Waals surface area contributed by atoms with Gasteiger partial charge in [0.2, 0.25) is 0 Å². The Kier molecular flexibility index (Phi) is 7.41. The molecular weight excluding hydrogens is 342 g/mol. The van der Waals surface area contributed by atoms with Crippen LogP contribution in [0.5, 0.6) is 5.75 Å².